The summed E-state index contributed by atoms with van der Waals surface area (Å²) in [6.07, 6.45) is 0.529. The second-order valence-corrected chi connectivity index (χ2v) is 7.58. The van der Waals surface area contributed by atoms with Crippen molar-refractivity contribution in [1.29, 1.82) is 0 Å². The van der Waals surface area contributed by atoms with E-state index in [2.05, 4.69) is 0 Å². The van der Waals surface area contributed by atoms with Crippen LogP contribution in [0.1, 0.15) is 44.2 Å². The Labute approximate surface area is 120 Å². The van der Waals surface area contributed by atoms with Crippen molar-refractivity contribution < 1.29 is 17.7 Å². The molecular weight excluding hydrogens is 284 g/mol. The Hall–Kier alpha value is -1.01. The van der Waals surface area contributed by atoms with Gasteiger partial charge >= 0.3 is 5.92 Å². The van der Waals surface area contributed by atoms with Gasteiger partial charge in [0.25, 0.3) is 0 Å². The van der Waals surface area contributed by atoms with Crippen LogP contribution in [0.4, 0.5) is 8.78 Å². The topological polar surface area (TPSA) is 52.3 Å². The largest absolute Gasteiger partial charge is 0.486 e. The molecule has 1 aliphatic rings. The molecule has 0 saturated heterocycles. The van der Waals surface area contributed by atoms with Gasteiger partial charge in [0.05, 0.1) is 21.3 Å². The number of benzene rings is 1. The SMILES string of the molecule is C[C@H](CC(C)(C)S(N)=O)c1cccc2c1OCC2(F)F. The van der Waals surface area contributed by atoms with E-state index in [9.17, 15) is 13.0 Å². The number of halogens is 2. The van der Waals surface area contributed by atoms with Crippen LogP contribution in [0.15, 0.2) is 18.2 Å². The predicted molar refractivity (Wildman–Crippen MR) is 75.3 cm³/mol. The van der Waals surface area contributed by atoms with Crippen LogP contribution in [0.5, 0.6) is 5.75 Å². The van der Waals surface area contributed by atoms with Gasteiger partial charge < -0.3 is 4.74 Å². The Balaban J connectivity index is 2.32. The first-order chi connectivity index (χ1) is 9.15. The third-order valence-electron chi connectivity index (χ3n) is 3.71. The molecule has 3 nitrogen and oxygen atoms in total. The van der Waals surface area contributed by atoms with Crippen LogP contribution in [-0.2, 0) is 16.9 Å². The average Bonchev–Trinajstić information content (AvgIpc) is 2.65. The molecule has 1 heterocycles. The fourth-order valence-corrected chi connectivity index (χ4v) is 2.98. The molecule has 0 saturated carbocycles. The number of hydrogen-bond acceptors (Lipinski definition) is 2. The molecular formula is C14H19F2NO2S. The van der Waals surface area contributed by atoms with Crippen LogP contribution in [-0.4, -0.2) is 15.6 Å². The highest BCUT2D eigenvalue weighted by Gasteiger charge is 2.43. The van der Waals surface area contributed by atoms with E-state index in [4.69, 9.17) is 9.88 Å². The lowest BCUT2D eigenvalue weighted by Gasteiger charge is -2.26. The lowest BCUT2D eigenvalue weighted by molar-refractivity contribution is -0.0214. The molecule has 0 aromatic heterocycles. The zero-order chi connectivity index (χ0) is 15.1. The summed E-state index contributed by atoms with van der Waals surface area (Å²) in [5.74, 6) is -2.73. The maximum absolute atomic E-state index is 13.7. The Morgan fingerprint density at radius 3 is 2.75 bits per heavy atom. The Morgan fingerprint density at radius 2 is 2.15 bits per heavy atom. The van der Waals surface area contributed by atoms with Crippen molar-refractivity contribution in [1.82, 2.24) is 0 Å². The van der Waals surface area contributed by atoms with Crippen molar-refractivity contribution >= 4 is 11.0 Å². The van der Waals surface area contributed by atoms with Gasteiger partial charge in [0.15, 0.2) is 6.61 Å². The minimum Gasteiger partial charge on any atom is -0.486 e. The summed E-state index contributed by atoms with van der Waals surface area (Å²) in [5.41, 5.74) is 0.659. The fourth-order valence-electron chi connectivity index (χ4n) is 2.56. The number of rotatable bonds is 4. The molecule has 0 fully saturated rings. The van der Waals surface area contributed by atoms with Crippen molar-refractivity contribution in [2.75, 3.05) is 6.61 Å². The van der Waals surface area contributed by atoms with E-state index in [1.54, 1.807) is 26.0 Å². The monoisotopic (exact) mass is 303 g/mol. The molecule has 6 heteroatoms. The fraction of sp³-hybridized carbons (Fsp3) is 0.571. The summed E-state index contributed by atoms with van der Waals surface area (Å²) in [6.45, 7) is 4.90. The first kappa shape index (κ1) is 15.4. The van der Waals surface area contributed by atoms with Gasteiger partial charge in [-0.2, -0.15) is 8.78 Å². The number of fused-ring (bicyclic) bond motifs is 1. The standard InChI is InChI=1S/C14H19F2NO2S/c1-9(7-13(2,3)20(17)18)10-5-4-6-11-12(10)19-8-14(11,15)16/h4-6,9H,7-8,17H2,1-3H3/t9-,20?/m1/s1. The van der Waals surface area contributed by atoms with Crippen LogP contribution < -0.4 is 9.88 Å². The first-order valence-electron chi connectivity index (χ1n) is 6.45. The highest BCUT2D eigenvalue weighted by atomic mass is 32.2. The molecule has 2 atom stereocenters. The summed E-state index contributed by atoms with van der Waals surface area (Å²) in [6, 6.07) is 4.78. The van der Waals surface area contributed by atoms with Gasteiger partial charge in [0.2, 0.25) is 0 Å². The Kier molecular flexibility index (Phi) is 3.90. The molecule has 112 valence electrons. The number of alkyl halides is 2. The Morgan fingerprint density at radius 1 is 1.50 bits per heavy atom. The van der Waals surface area contributed by atoms with Gasteiger partial charge in [-0.1, -0.05) is 19.1 Å². The maximum atomic E-state index is 13.7. The van der Waals surface area contributed by atoms with Gasteiger partial charge in [-0.05, 0) is 37.8 Å². The van der Waals surface area contributed by atoms with Crippen molar-refractivity contribution in [3.8, 4) is 5.75 Å². The quantitative estimate of drug-likeness (QED) is 0.929. The molecule has 0 amide bonds. The van der Waals surface area contributed by atoms with Gasteiger partial charge in [-0.15, -0.1) is 0 Å². The normalized spacial score (nSPS) is 20.1. The Bertz CT molecular complexity index is 546. The van der Waals surface area contributed by atoms with E-state index in [0.29, 0.717) is 6.42 Å². The molecule has 2 rings (SSSR count). The van der Waals surface area contributed by atoms with E-state index < -0.39 is 28.3 Å². The summed E-state index contributed by atoms with van der Waals surface area (Å²) < 4.78 is 43.4. The van der Waals surface area contributed by atoms with Gasteiger partial charge in [-0.25, -0.2) is 4.21 Å². The molecule has 0 spiro atoms. The number of para-hydroxylation sites is 1. The van der Waals surface area contributed by atoms with E-state index in [1.807, 2.05) is 6.92 Å². The lowest BCUT2D eigenvalue weighted by atomic mass is 9.89. The highest BCUT2D eigenvalue weighted by Crippen LogP contribution is 2.46. The van der Waals surface area contributed by atoms with Crippen LogP contribution in [0, 0.1) is 0 Å². The molecule has 1 aromatic carbocycles. The van der Waals surface area contributed by atoms with Crippen molar-refractivity contribution in [2.24, 2.45) is 5.14 Å². The van der Waals surface area contributed by atoms with Gasteiger partial charge in [-0.3, -0.25) is 5.14 Å². The van der Waals surface area contributed by atoms with E-state index in [1.165, 1.54) is 6.07 Å². The highest BCUT2D eigenvalue weighted by molar-refractivity contribution is 7.84. The van der Waals surface area contributed by atoms with E-state index >= 15 is 0 Å². The third-order valence-corrected chi connectivity index (χ3v) is 4.97. The van der Waals surface area contributed by atoms with Crippen LogP contribution in [0.25, 0.3) is 0 Å². The first-order valence-corrected chi connectivity index (χ1v) is 7.67. The number of ether oxygens (including phenoxy) is 1. The summed E-state index contributed by atoms with van der Waals surface area (Å²) in [5, 5.41) is 5.47. The zero-order valence-electron chi connectivity index (χ0n) is 11.8. The molecule has 20 heavy (non-hydrogen) atoms. The number of nitrogens with two attached hydrogens (primary N) is 1. The van der Waals surface area contributed by atoms with Crippen molar-refractivity contribution in [3.05, 3.63) is 29.3 Å². The minimum atomic E-state index is -2.93. The van der Waals surface area contributed by atoms with Crippen molar-refractivity contribution in [2.45, 2.75) is 43.8 Å². The molecule has 1 aliphatic heterocycles. The molecule has 2 N–H and O–H groups in total. The number of hydrogen-bond donors (Lipinski definition) is 1. The van der Waals surface area contributed by atoms with Gasteiger partial charge in [0.1, 0.15) is 5.75 Å². The second kappa shape index (κ2) is 5.07. The lowest BCUT2D eigenvalue weighted by Crippen LogP contribution is -2.33. The third kappa shape index (κ3) is 2.72. The summed E-state index contributed by atoms with van der Waals surface area (Å²) in [4.78, 5) is 0. The van der Waals surface area contributed by atoms with E-state index in [0.717, 1.165) is 5.56 Å². The van der Waals surface area contributed by atoms with Crippen LogP contribution in [0.3, 0.4) is 0 Å². The second-order valence-electron chi connectivity index (χ2n) is 5.88. The smallest absolute Gasteiger partial charge is 0.310 e. The minimum absolute atomic E-state index is 0.0615. The predicted octanol–water partition coefficient (Wildman–Crippen LogP) is 3.07. The molecule has 1 unspecified atom stereocenters. The maximum Gasteiger partial charge on any atom is 0.310 e. The summed E-state index contributed by atoms with van der Waals surface area (Å²) >= 11 is 0. The molecule has 1 aromatic rings. The zero-order valence-corrected chi connectivity index (χ0v) is 12.6. The molecule has 0 radical (unpaired) electrons. The molecule has 0 aliphatic carbocycles. The average molecular weight is 303 g/mol. The van der Waals surface area contributed by atoms with Crippen molar-refractivity contribution in [3.63, 3.8) is 0 Å². The summed E-state index contributed by atoms with van der Waals surface area (Å²) in [7, 11) is -1.47. The van der Waals surface area contributed by atoms with Crippen LogP contribution >= 0.6 is 0 Å². The van der Waals surface area contributed by atoms with Crippen LogP contribution in [0.2, 0.25) is 0 Å². The molecule has 0 bridgehead atoms. The van der Waals surface area contributed by atoms with Gasteiger partial charge in [0, 0.05) is 0 Å². The van der Waals surface area contributed by atoms with E-state index in [-0.39, 0.29) is 17.2 Å².